The van der Waals surface area contributed by atoms with Gasteiger partial charge in [0.05, 0.1) is 4.90 Å². The molecule has 1 atom stereocenters. The number of aliphatic hydroxyl groups excluding tert-OH is 1. The highest BCUT2D eigenvalue weighted by Gasteiger charge is 2.24. The predicted molar refractivity (Wildman–Crippen MR) is 94.8 cm³/mol. The summed E-state index contributed by atoms with van der Waals surface area (Å²) in [4.78, 5) is 21.6. The number of sulfone groups is 1. The lowest BCUT2D eigenvalue weighted by molar-refractivity contribution is -0.129. The lowest BCUT2D eigenvalue weighted by Gasteiger charge is -2.12. The Morgan fingerprint density at radius 3 is 2.23 bits per heavy atom. The first-order chi connectivity index (χ1) is 12.3. The molecule has 0 saturated heterocycles. The van der Waals surface area contributed by atoms with Crippen LogP contribution in [0.3, 0.4) is 0 Å². The van der Waals surface area contributed by atoms with Crippen LogP contribution in [0.1, 0.15) is 50.5 Å². The van der Waals surface area contributed by atoms with E-state index in [1.54, 1.807) is 12.1 Å². The molecule has 26 heavy (non-hydrogen) atoms. The van der Waals surface area contributed by atoms with Crippen LogP contribution < -0.4 is 11.2 Å². The summed E-state index contributed by atoms with van der Waals surface area (Å²) in [6.07, 6.45) is 3.55. The SMILES string of the molecule is NC(=O)CCCCCCC(O)S(=O)(=O)c1ccc(CCC(=O)NO)cc1. The van der Waals surface area contributed by atoms with E-state index < -0.39 is 21.2 Å². The molecule has 0 saturated carbocycles. The number of hydrogen-bond donors (Lipinski definition) is 4. The van der Waals surface area contributed by atoms with E-state index >= 15 is 0 Å². The number of carbonyl (C=O) groups is 2. The van der Waals surface area contributed by atoms with Gasteiger partial charge in [-0.05, 0) is 43.4 Å². The fourth-order valence-corrected chi connectivity index (χ4v) is 3.75. The number of carbonyl (C=O) groups excluding carboxylic acids is 2. The summed E-state index contributed by atoms with van der Waals surface area (Å²) in [5.74, 6) is -0.874. The molecular weight excluding hydrogens is 360 g/mol. The Balaban J connectivity index is 2.49. The summed E-state index contributed by atoms with van der Waals surface area (Å²) < 4.78 is 24.7. The summed E-state index contributed by atoms with van der Waals surface area (Å²) in [6.45, 7) is 0. The molecule has 146 valence electrons. The third kappa shape index (κ3) is 7.51. The molecule has 0 aromatic heterocycles. The molecule has 1 rings (SSSR count). The second-order valence-corrected chi connectivity index (χ2v) is 8.20. The van der Waals surface area contributed by atoms with Crippen LogP contribution in [0.15, 0.2) is 29.2 Å². The van der Waals surface area contributed by atoms with Crippen LogP contribution in [0.2, 0.25) is 0 Å². The number of hydroxylamine groups is 1. The highest BCUT2D eigenvalue weighted by molar-refractivity contribution is 7.91. The fourth-order valence-electron chi connectivity index (χ4n) is 2.44. The molecule has 5 N–H and O–H groups in total. The molecular formula is C17H26N2O6S. The number of benzene rings is 1. The van der Waals surface area contributed by atoms with Crippen molar-refractivity contribution in [2.45, 2.75) is 61.7 Å². The first-order valence-electron chi connectivity index (χ1n) is 8.49. The van der Waals surface area contributed by atoms with Crippen molar-refractivity contribution in [2.75, 3.05) is 0 Å². The van der Waals surface area contributed by atoms with Crippen LogP contribution in [0.4, 0.5) is 0 Å². The molecule has 0 aliphatic carbocycles. The van der Waals surface area contributed by atoms with E-state index in [0.29, 0.717) is 32.1 Å². The Hall–Kier alpha value is -1.97. The van der Waals surface area contributed by atoms with Gasteiger partial charge in [0.15, 0.2) is 5.44 Å². The molecule has 0 spiro atoms. The minimum Gasteiger partial charge on any atom is -0.377 e. The standard InChI is InChI=1S/C17H26N2O6S/c18-15(20)5-3-1-2-4-6-17(22)26(24,25)14-10-7-13(8-11-14)9-12-16(21)19-23/h7-8,10-11,17,22-23H,1-6,9,12H2,(H2,18,20)(H,19,21). The molecule has 0 aliphatic heterocycles. The van der Waals surface area contributed by atoms with Crippen LogP contribution in [0.5, 0.6) is 0 Å². The monoisotopic (exact) mass is 386 g/mol. The van der Waals surface area contributed by atoms with Gasteiger partial charge in [-0.2, -0.15) is 0 Å². The largest absolute Gasteiger partial charge is 0.377 e. The molecule has 2 amide bonds. The minimum atomic E-state index is -3.84. The van der Waals surface area contributed by atoms with E-state index in [9.17, 15) is 23.1 Å². The van der Waals surface area contributed by atoms with Gasteiger partial charge in [0.25, 0.3) is 0 Å². The number of nitrogens with one attached hydrogen (secondary N) is 1. The molecule has 1 unspecified atom stereocenters. The van der Waals surface area contributed by atoms with Crippen molar-refractivity contribution in [1.82, 2.24) is 5.48 Å². The van der Waals surface area contributed by atoms with Crippen molar-refractivity contribution in [2.24, 2.45) is 5.73 Å². The summed E-state index contributed by atoms with van der Waals surface area (Å²) in [5, 5.41) is 18.5. The number of primary amides is 1. The van der Waals surface area contributed by atoms with Crippen molar-refractivity contribution < 1.29 is 28.3 Å². The topological polar surface area (TPSA) is 147 Å². The second-order valence-electron chi connectivity index (χ2n) is 6.10. The molecule has 9 heteroatoms. The summed E-state index contributed by atoms with van der Waals surface area (Å²) in [5.41, 5.74) is 5.84. The van der Waals surface area contributed by atoms with E-state index in [4.69, 9.17) is 10.9 Å². The fraction of sp³-hybridized carbons (Fsp3) is 0.529. The van der Waals surface area contributed by atoms with Crippen LogP contribution in [-0.4, -0.2) is 36.0 Å². The summed E-state index contributed by atoms with van der Waals surface area (Å²) >= 11 is 0. The summed E-state index contributed by atoms with van der Waals surface area (Å²) in [7, 11) is -3.84. The lowest BCUT2D eigenvalue weighted by Crippen LogP contribution is -2.21. The Morgan fingerprint density at radius 1 is 1.04 bits per heavy atom. The van der Waals surface area contributed by atoms with Crippen molar-refractivity contribution in [1.29, 1.82) is 0 Å². The third-order valence-electron chi connectivity index (χ3n) is 4.00. The second kappa shape index (κ2) is 10.9. The molecule has 1 aromatic rings. The Bertz CT molecular complexity index is 688. The molecule has 1 aromatic carbocycles. The number of amides is 2. The maximum atomic E-state index is 12.4. The van der Waals surface area contributed by atoms with Crippen molar-refractivity contribution in [3.8, 4) is 0 Å². The zero-order valence-electron chi connectivity index (χ0n) is 14.6. The number of aliphatic hydroxyl groups is 1. The van der Waals surface area contributed by atoms with Gasteiger partial charge in [-0.3, -0.25) is 14.8 Å². The van der Waals surface area contributed by atoms with E-state index in [1.165, 1.54) is 17.6 Å². The van der Waals surface area contributed by atoms with E-state index in [1.807, 2.05) is 0 Å². The predicted octanol–water partition coefficient (Wildman–Crippen LogP) is 1.04. The zero-order chi connectivity index (χ0) is 19.6. The molecule has 8 nitrogen and oxygen atoms in total. The Labute approximate surface area is 153 Å². The molecule has 0 heterocycles. The highest BCUT2D eigenvalue weighted by atomic mass is 32.2. The summed E-state index contributed by atoms with van der Waals surface area (Å²) in [6, 6.07) is 5.96. The molecule has 0 radical (unpaired) electrons. The van der Waals surface area contributed by atoms with Crippen LogP contribution in [0.25, 0.3) is 0 Å². The van der Waals surface area contributed by atoms with Gasteiger partial charge in [-0.15, -0.1) is 0 Å². The van der Waals surface area contributed by atoms with Gasteiger partial charge in [-0.1, -0.05) is 25.0 Å². The zero-order valence-corrected chi connectivity index (χ0v) is 15.4. The van der Waals surface area contributed by atoms with E-state index in [0.717, 1.165) is 12.0 Å². The van der Waals surface area contributed by atoms with Gasteiger partial charge in [-0.25, -0.2) is 13.9 Å². The first-order valence-corrected chi connectivity index (χ1v) is 10.0. The normalized spacial score (nSPS) is 12.5. The maximum Gasteiger partial charge on any atom is 0.243 e. The Kier molecular flexibility index (Phi) is 9.25. The van der Waals surface area contributed by atoms with Crippen LogP contribution in [0, 0.1) is 0 Å². The molecule has 0 bridgehead atoms. The molecule has 0 aliphatic rings. The van der Waals surface area contributed by atoms with E-state index in [-0.39, 0.29) is 23.6 Å². The smallest absolute Gasteiger partial charge is 0.243 e. The minimum absolute atomic E-state index is 0.0223. The van der Waals surface area contributed by atoms with Crippen molar-refractivity contribution in [3.05, 3.63) is 29.8 Å². The Morgan fingerprint density at radius 2 is 1.65 bits per heavy atom. The number of unbranched alkanes of at least 4 members (excludes halogenated alkanes) is 3. The number of nitrogens with two attached hydrogens (primary N) is 1. The lowest BCUT2D eigenvalue weighted by atomic mass is 10.1. The third-order valence-corrected chi connectivity index (χ3v) is 5.88. The van der Waals surface area contributed by atoms with Crippen LogP contribution >= 0.6 is 0 Å². The average molecular weight is 386 g/mol. The van der Waals surface area contributed by atoms with Crippen molar-refractivity contribution >= 4 is 21.7 Å². The van der Waals surface area contributed by atoms with Crippen LogP contribution in [-0.2, 0) is 25.8 Å². The quantitative estimate of drug-likeness (QED) is 0.240. The van der Waals surface area contributed by atoms with Gasteiger partial charge >= 0.3 is 0 Å². The number of rotatable bonds is 12. The molecule has 0 fully saturated rings. The number of aryl methyl sites for hydroxylation is 1. The van der Waals surface area contributed by atoms with Crippen molar-refractivity contribution in [3.63, 3.8) is 0 Å². The maximum absolute atomic E-state index is 12.4. The van der Waals surface area contributed by atoms with Gasteiger partial charge in [0.2, 0.25) is 21.7 Å². The first kappa shape index (κ1) is 22.1. The van der Waals surface area contributed by atoms with Gasteiger partial charge < -0.3 is 10.8 Å². The highest BCUT2D eigenvalue weighted by Crippen LogP contribution is 2.20. The van der Waals surface area contributed by atoms with Gasteiger partial charge in [0, 0.05) is 12.8 Å². The van der Waals surface area contributed by atoms with E-state index in [2.05, 4.69) is 0 Å². The number of hydrogen-bond acceptors (Lipinski definition) is 6. The average Bonchev–Trinajstić information content (AvgIpc) is 2.62. The van der Waals surface area contributed by atoms with Gasteiger partial charge in [0.1, 0.15) is 0 Å².